The molecule has 27 heavy (non-hydrogen) atoms. The number of ether oxygens (including phenoxy) is 3. The third kappa shape index (κ3) is 4.55. The number of hydrogen-bond donors (Lipinski definition) is 1. The maximum Gasteiger partial charge on any atom is 0.351 e. The lowest BCUT2D eigenvalue weighted by Crippen LogP contribution is -2.43. The summed E-state index contributed by atoms with van der Waals surface area (Å²) in [7, 11) is 0. The molecule has 1 aliphatic rings. The molecule has 3 unspecified atom stereocenters. The Kier molecular flexibility index (Phi) is 5.59. The van der Waals surface area contributed by atoms with E-state index in [0.29, 0.717) is 11.5 Å². The highest BCUT2D eigenvalue weighted by Crippen LogP contribution is 2.31. The van der Waals surface area contributed by atoms with Crippen LogP contribution in [-0.4, -0.2) is 30.7 Å². The Morgan fingerprint density at radius 1 is 1.11 bits per heavy atom. The summed E-state index contributed by atoms with van der Waals surface area (Å²) in [5.41, 5.74) is 0.740. The summed E-state index contributed by atoms with van der Waals surface area (Å²) in [6.07, 6.45) is -1.95. The lowest BCUT2D eigenvalue weighted by atomic mass is 10.1. The molecule has 0 aromatic heterocycles. The van der Waals surface area contributed by atoms with Gasteiger partial charge in [0.15, 0.2) is 17.6 Å². The normalized spacial score (nSPS) is 17.5. The van der Waals surface area contributed by atoms with Gasteiger partial charge in [0.25, 0.3) is 5.91 Å². The number of rotatable bonds is 5. The molecule has 2 aromatic rings. The maximum absolute atomic E-state index is 13.0. The molecule has 0 spiro atoms. The van der Waals surface area contributed by atoms with Gasteiger partial charge in [0.1, 0.15) is 12.4 Å². The number of carbonyl (C=O) groups is 2. The summed E-state index contributed by atoms with van der Waals surface area (Å²) in [5.74, 6) is -0.483. The zero-order valence-corrected chi connectivity index (χ0v) is 15.0. The molecule has 3 rings (SSSR count). The van der Waals surface area contributed by atoms with Gasteiger partial charge < -0.3 is 19.5 Å². The number of amides is 1. The number of carbonyl (C=O) groups excluding carboxylic acids is 2. The molecule has 6 nitrogen and oxygen atoms in total. The summed E-state index contributed by atoms with van der Waals surface area (Å²) < 4.78 is 29.2. The van der Waals surface area contributed by atoms with Crippen molar-refractivity contribution in [1.82, 2.24) is 5.32 Å². The minimum absolute atomic E-state index is 0.0101. The third-order valence-electron chi connectivity index (χ3n) is 4.16. The van der Waals surface area contributed by atoms with Crippen LogP contribution in [0.25, 0.3) is 0 Å². The number of hydrogen-bond acceptors (Lipinski definition) is 5. The number of halogens is 1. The van der Waals surface area contributed by atoms with Gasteiger partial charge in [-0.1, -0.05) is 24.3 Å². The van der Waals surface area contributed by atoms with Gasteiger partial charge in [-0.15, -0.1) is 0 Å². The lowest BCUT2D eigenvalue weighted by molar-refractivity contribution is -0.163. The predicted octanol–water partition coefficient (Wildman–Crippen LogP) is 2.77. The van der Waals surface area contributed by atoms with Crippen LogP contribution < -0.4 is 14.8 Å². The summed E-state index contributed by atoms with van der Waals surface area (Å²) in [6.45, 7) is 3.24. The van der Waals surface area contributed by atoms with Crippen molar-refractivity contribution in [3.05, 3.63) is 59.9 Å². The molecule has 1 amide bonds. The largest absolute Gasteiger partial charge is 0.485 e. The standard InChI is InChI=1S/C20H20FNO5/c1-12(14-7-9-15(21)10-8-14)22-19(23)13(2)26-20(24)18-11-25-16-5-3-4-6-17(16)27-18/h3-10,12-13,18H,11H2,1-2H3,(H,22,23). The summed E-state index contributed by atoms with van der Waals surface area (Å²) in [6, 6.07) is 12.4. The molecule has 3 atom stereocenters. The van der Waals surface area contributed by atoms with Gasteiger partial charge in [-0.25, -0.2) is 9.18 Å². The van der Waals surface area contributed by atoms with Crippen LogP contribution in [0.15, 0.2) is 48.5 Å². The fourth-order valence-electron chi connectivity index (χ4n) is 2.60. The second-order valence-electron chi connectivity index (χ2n) is 6.23. The van der Waals surface area contributed by atoms with Gasteiger partial charge in [-0.2, -0.15) is 0 Å². The van der Waals surface area contributed by atoms with E-state index in [2.05, 4.69) is 5.32 Å². The first-order valence-corrected chi connectivity index (χ1v) is 8.59. The first kappa shape index (κ1) is 18.7. The number of fused-ring (bicyclic) bond motifs is 1. The average Bonchev–Trinajstić information content (AvgIpc) is 2.67. The van der Waals surface area contributed by atoms with E-state index in [1.165, 1.54) is 19.1 Å². The van der Waals surface area contributed by atoms with Crippen LogP contribution in [0, 0.1) is 5.82 Å². The fourth-order valence-corrected chi connectivity index (χ4v) is 2.60. The van der Waals surface area contributed by atoms with Crippen LogP contribution in [0.4, 0.5) is 4.39 Å². The first-order valence-electron chi connectivity index (χ1n) is 8.59. The molecular weight excluding hydrogens is 353 g/mol. The van der Waals surface area contributed by atoms with Crippen molar-refractivity contribution in [1.29, 1.82) is 0 Å². The number of esters is 1. The summed E-state index contributed by atoms with van der Waals surface area (Å²) in [5, 5.41) is 2.73. The Morgan fingerprint density at radius 3 is 2.48 bits per heavy atom. The molecule has 142 valence electrons. The van der Waals surface area contributed by atoms with Crippen molar-refractivity contribution in [2.75, 3.05) is 6.61 Å². The Morgan fingerprint density at radius 2 is 1.78 bits per heavy atom. The number of benzene rings is 2. The van der Waals surface area contributed by atoms with Crippen LogP contribution in [-0.2, 0) is 14.3 Å². The zero-order chi connectivity index (χ0) is 19.4. The van der Waals surface area contributed by atoms with Crippen molar-refractivity contribution >= 4 is 11.9 Å². The van der Waals surface area contributed by atoms with Crippen molar-refractivity contribution < 1.29 is 28.2 Å². The van der Waals surface area contributed by atoms with E-state index in [4.69, 9.17) is 14.2 Å². The van der Waals surface area contributed by atoms with Gasteiger partial charge in [-0.05, 0) is 43.7 Å². The van der Waals surface area contributed by atoms with E-state index in [1.807, 2.05) is 0 Å². The highest BCUT2D eigenvalue weighted by molar-refractivity contribution is 5.85. The van der Waals surface area contributed by atoms with Crippen molar-refractivity contribution in [2.24, 2.45) is 0 Å². The van der Waals surface area contributed by atoms with Crippen molar-refractivity contribution in [3.8, 4) is 11.5 Å². The molecule has 2 aromatic carbocycles. The third-order valence-corrected chi connectivity index (χ3v) is 4.16. The Hall–Kier alpha value is -3.09. The molecule has 0 saturated heterocycles. The molecule has 0 saturated carbocycles. The lowest BCUT2D eigenvalue weighted by Gasteiger charge is -2.26. The minimum atomic E-state index is -1.01. The monoisotopic (exact) mass is 373 g/mol. The van der Waals surface area contributed by atoms with Crippen molar-refractivity contribution in [2.45, 2.75) is 32.1 Å². The molecule has 0 bridgehead atoms. The van der Waals surface area contributed by atoms with E-state index in [-0.39, 0.29) is 18.5 Å². The van der Waals surface area contributed by atoms with E-state index >= 15 is 0 Å². The molecule has 0 radical (unpaired) electrons. The molecular formula is C20H20FNO5. The molecule has 1 aliphatic heterocycles. The number of para-hydroxylation sites is 2. The van der Waals surface area contributed by atoms with Gasteiger partial charge in [0.2, 0.25) is 6.10 Å². The number of nitrogens with one attached hydrogen (secondary N) is 1. The van der Waals surface area contributed by atoms with Crippen LogP contribution in [0.3, 0.4) is 0 Å². The predicted molar refractivity (Wildman–Crippen MR) is 94.9 cm³/mol. The summed E-state index contributed by atoms with van der Waals surface area (Å²) >= 11 is 0. The Bertz CT molecular complexity index is 823. The van der Waals surface area contributed by atoms with Gasteiger partial charge in [0, 0.05) is 0 Å². The first-order chi connectivity index (χ1) is 12.9. The van der Waals surface area contributed by atoms with E-state index < -0.39 is 24.1 Å². The smallest absolute Gasteiger partial charge is 0.351 e. The van der Waals surface area contributed by atoms with Crippen LogP contribution >= 0.6 is 0 Å². The SMILES string of the molecule is CC(OC(=O)C1COc2ccccc2O1)C(=O)NC(C)c1ccc(F)cc1. The van der Waals surface area contributed by atoms with Gasteiger partial charge >= 0.3 is 5.97 Å². The van der Waals surface area contributed by atoms with Gasteiger partial charge in [-0.3, -0.25) is 4.79 Å². The second-order valence-corrected chi connectivity index (χ2v) is 6.23. The highest BCUT2D eigenvalue weighted by atomic mass is 19.1. The van der Waals surface area contributed by atoms with E-state index in [1.54, 1.807) is 43.3 Å². The average molecular weight is 373 g/mol. The minimum Gasteiger partial charge on any atom is -0.485 e. The highest BCUT2D eigenvalue weighted by Gasteiger charge is 2.31. The van der Waals surface area contributed by atoms with Gasteiger partial charge in [0.05, 0.1) is 6.04 Å². The molecule has 0 fully saturated rings. The van der Waals surface area contributed by atoms with Crippen LogP contribution in [0.5, 0.6) is 11.5 Å². The molecule has 0 aliphatic carbocycles. The molecule has 1 N–H and O–H groups in total. The Labute approximate surface area is 156 Å². The second kappa shape index (κ2) is 8.07. The maximum atomic E-state index is 13.0. The molecule has 7 heteroatoms. The van der Waals surface area contributed by atoms with Crippen molar-refractivity contribution in [3.63, 3.8) is 0 Å². The van der Waals surface area contributed by atoms with E-state index in [0.717, 1.165) is 5.56 Å². The van der Waals surface area contributed by atoms with Crippen LogP contribution in [0.1, 0.15) is 25.5 Å². The quantitative estimate of drug-likeness (QED) is 0.816. The zero-order valence-electron chi connectivity index (χ0n) is 15.0. The van der Waals surface area contributed by atoms with Crippen LogP contribution in [0.2, 0.25) is 0 Å². The molecule has 1 heterocycles. The van der Waals surface area contributed by atoms with E-state index in [9.17, 15) is 14.0 Å². The fraction of sp³-hybridized carbons (Fsp3) is 0.300. The topological polar surface area (TPSA) is 73.9 Å². The summed E-state index contributed by atoms with van der Waals surface area (Å²) in [4.78, 5) is 24.5. The Balaban J connectivity index is 1.53.